The van der Waals surface area contributed by atoms with Crippen LogP contribution >= 0.6 is 0 Å². The fraction of sp³-hybridized carbons (Fsp3) is 0.655. The van der Waals surface area contributed by atoms with Crippen LogP contribution in [0.5, 0.6) is 5.75 Å². The van der Waals surface area contributed by atoms with E-state index in [0.29, 0.717) is 141 Å². The van der Waals surface area contributed by atoms with Gasteiger partial charge in [-0.25, -0.2) is 22.0 Å². The molecule has 1 saturated heterocycles. The lowest BCUT2D eigenvalue weighted by Crippen LogP contribution is -2.64. The minimum Gasteiger partial charge on any atom is -0.420 e. The molecule has 0 radical (unpaired) electrons. The van der Waals surface area contributed by atoms with Crippen LogP contribution in [-0.2, 0) is 47.5 Å². The van der Waals surface area contributed by atoms with Gasteiger partial charge in [0.05, 0.1) is 125 Å². The number of alkyl halides is 2. The lowest BCUT2D eigenvalue weighted by atomic mass is 9.57. The van der Waals surface area contributed by atoms with Crippen molar-refractivity contribution in [1.82, 2.24) is 15.1 Å². The van der Waals surface area contributed by atoms with Gasteiger partial charge in [-0.1, -0.05) is 36.9 Å². The predicted octanol–water partition coefficient (Wildman–Crippen LogP) is 6.89. The van der Waals surface area contributed by atoms with Crippen molar-refractivity contribution < 1.29 is 74.2 Å². The van der Waals surface area contributed by atoms with Crippen LogP contribution in [0.2, 0.25) is 0 Å². The van der Waals surface area contributed by atoms with E-state index in [-0.39, 0.29) is 81.3 Å². The van der Waals surface area contributed by atoms with Crippen LogP contribution in [-0.4, -0.2) is 196 Å². The smallest absolute Gasteiger partial charge is 0.313 e. The van der Waals surface area contributed by atoms with Crippen molar-refractivity contribution in [3.63, 3.8) is 0 Å². The lowest BCUT2D eigenvalue weighted by Gasteiger charge is -2.60. The fourth-order valence-corrected chi connectivity index (χ4v) is 10.3. The molecule has 25 heteroatoms. The van der Waals surface area contributed by atoms with Gasteiger partial charge in [0.25, 0.3) is 0 Å². The van der Waals surface area contributed by atoms with E-state index >= 15 is 0 Å². The third kappa shape index (κ3) is 27.0. The van der Waals surface area contributed by atoms with E-state index < -0.39 is 35.1 Å². The molecule has 0 bridgehead atoms. The number of amidine groups is 2. The number of hydrogen-bond acceptors (Lipinski definition) is 18. The minimum absolute atomic E-state index is 0.0459. The van der Waals surface area contributed by atoms with Gasteiger partial charge in [0.2, 0.25) is 18.1 Å². The molecule has 2 unspecified atom stereocenters. The summed E-state index contributed by atoms with van der Waals surface area (Å²) >= 11 is 0. The average Bonchev–Trinajstić information content (AvgIpc) is 1.63. The number of carbonyl (C=O) groups is 2. The predicted molar refractivity (Wildman–Crippen MR) is 305 cm³/mol. The third-order valence-electron chi connectivity index (χ3n) is 14.3. The van der Waals surface area contributed by atoms with Gasteiger partial charge < -0.3 is 64.4 Å². The summed E-state index contributed by atoms with van der Waals surface area (Å²) in [5, 5.41) is 24.9. The number of nitrogens with zero attached hydrogens (tertiary/aromatic N) is 4. The first-order valence-corrected chi connectivity index (χ1v) is 28.4. The van der Waals surface area contributed by atoms with Crippen LogP contribution in [0.25, 0.3) is 0 Å². The summed E-state index contributed by atoms with van der Waals surface area (Å²) in [5.41, 5.74) is 6.93. The molecule has 3 aliphatic rings. The number of halogens is 5. The first-order valence-electron chi connectivity index (χ1n) is 28.4. The molecule has 2 aliphatic carbocycles. The van der Waals surface area contributed by atoms with Gasteiger partial charge in [0.15, 0.2) is 11.6 Å². The second kappa shape index (κ2) is 39.2. The summed E-state index contributed by atoms with van der Waals surface area (Å²) in [6.07, 6.45) is 5.82. The van der Waals surface area contributed by atoms with Gasteiger partial charge in [0.1, 0.15) is 17.4 Å². The molecular weight excluding hydrogens is 1090 g/mol. The molecule has 7 N–H and O–H groups in total. The number of hydrogen-bond donors (Lipinski definition) is 5. The quantitative estimate of drug-likeness (QED) is 0.00523. The Labute approximate surface area is 485 Å². The SMILES string of the molecule is C=C(CC(C)N(C(C)=N)C(=N)C1CC2(C1)CN(CCOCCOCCOCCOC/C(C=NCCOCCOCCOCCOCCC(=O)Oc1c(F)cc(F)cc1F)=N/N)C2)NCCC(c1ccccc1)C1CCC(F)(F)CC1.NC=O. The molecule has 2 aromatic carbocycles. The lowest BCUT2D eigenvalue weighted by molar-refractivity contribution is -0.136. The van der Waals surface area contributed by atoms with Crippen molar-refractivity contribution in [2.24, 2.45) is 38.9 Å². The van der Waals surface area contributed by atoms with Crippen LogP contribution in [0.4, 0.5) is 22.0 Å². The van der Waals surface area contributed by atoms with Gasteiger partial charge in [-0.3, -0.25) is 30.3 Å². The molecule has 5 rings (SSSR count). The van der Waals surface area contributed by atoms with Gasteiger partial charge >= 0.3 is 5.97 Å². The zero-order chi connectivity index (χ0) is 60.3. The number of benzene rings is 2. The monoisotopic (exact) mass is 1180 g/mol. The van der Waals surface area contributed by atoms with Crippen molar-refractivity contribution >= 4 is 36.0 Å². The summed E-state index contributed by atoms with van der Waals surface area (Å²) in [6.45, 7) is 17.4. The van der Waals surface area contributed by atoms with Crippen LogP contribution in [0.15, 0.2) is 64.8 Å². The van der Waals surface area contributed by atoms with E-state index in [4.69, 9.17) is 59.4 Å². The number of carbonyl (C=O) groups excluding carboxylic acids is 2. The molecule has 1 heterocycles. The van der Waals surface area contributed by atoms with Gasteiger partial charge in [-0.15, -0.1) is 0 Å². The molecule has 2 atom stereocenters. The zero-order valence-corrected chi connectivity index (χ0v) is 48.2. The van der Waals surface area contributed by atoms with Crippen LogP contribution in [0, 0.1) is 45.5 Å². The number of ether oxygens (including phenoxy) is 9. The summed E-state index contributed by atoms with van der Waals surface area (Å²) in [7, 11) is 0. The van der Waals surface area contributed by atoms with Gasteiger partial charge in [0, 0.05) is 81.4 Å². The van der Waals surface area contributed by atoms with Gasteiger partial charge in [-0.2, -0.15) is 5.10 Å². The first-order chi connectivity index (χ1) is 40.0. The Hall–Kier alpha value is -5.51. The van der Waals surface area contributed by atoms with Crippen molar-refractivity contribution in [1.29, 1.82) is 10.8 Å². The number of amides is 1. The van der Waals surface area contributed by atoms with E-state index in [1.165, 1.54) is 11.8 Å². The van der Waals surface area contributed by atoms with Crippen molar-refractivity contribution in [3.8, 4) is 5.75 Å². The molecule has 1 spiro atoms. The Morgan fingerprint density at radius 2 is 1.35 bits per heavy atom. The Balaban J connectivity index is 0.00000482. The van der Waals surface area contributed by atoms with E-state index in [9.17, 15) is 26.7 Å². The van der Waals surface area contributed by atoms with Crippen LogP contribution in [0.1, 0.15) is 83.1 Å². The molecule has 83 heavy (non-hydrogen) atoms. The Bertz CT molecular complexity index is 2260. The topological polar surface area (TPSA) is 260 Å². The third-order valence-corrected chi connectivity index (χ3v) is 14.3. The summed E-state index contributed by atoms with van der Waals surface area (Å²) in [4.78, 5) is 28.8. The number of likely N-dealkylation sites (tertiary alicyclic amines) is 1. The minimum atomic E-state index is -2.55. The highest BCUT2D eigenvalue weighted by atomic mass is 19.3. The van der Waals surface area contributed by atoms with Crippen molar-refractivity contribution in [2.75, 3.05) is 138 Å². The number of nitrogens with two attached hydrogens (primary N) is 2. The molecule has 0 aromatic heterocycles. The molecular formula is C58H88F5N9O11. The number of aliphatic imine (C=N–C) groups is 1. The number of primary amides is 1. The second-order valence-electron chi connectivity index (χ2n) is 20.8. The van der Waals surface area contributed by atoms with Crippen molar-refractivity contribution in [2.45, 2.75) is 89.5 Å². The number of esters is 1. The molecule has 20 nitrogen and oxygen atoms in total. The highest BCUT2D eigenvalue weighted by Gasteiger charge is 2.54. The zero-order valence-electron chi connectivity index (χ0n) is 48.2. The Morgan fingerprint density at radius 3 is 1.89 bits per heavy atom. The summed E-state index contributed by atoms with van der Waals surface area (Å²) in [5.74, 6) is -1.28. The largest absolute Gasteiger partial charge is 0.420 e. The highest BCUT2D eigenvalue weighted by Crippen LogP contribution is 2.52. The summed E-state index contributed by atoms with van der Waals surface area (Å²) < 4.78 is 117. The van der Waals surface area contributed by atoms with E-state index in [0.717, 1.165) is 44.6 Å². The maximum absolute atomic E-state index is 14.0. The Morgan fingerprint density at radius 1 is 0.831 bits per heavy atom. The molecule has 3 fully saturated rings. The van der Waals surface area contributed by atoms with E-state index in [1.54, 1.807) is 6.92 Å². The van der Waals surface area contributed by atoms with Gasteiger partial charge in [-0.05, 0) is 68.8 Å². The standard InChI is InChI=1S/C57H85F5N8O10.CH3NO/c1-42(67-15-11-50(45-7-5-4-6-8-45)46-9-13-57(61,62)14-10-46)33-43(2)70(44(3)63)55(64)47-36-56(37-47)40-69(41-56)17-20-74-23-26-77-29-30-78-31-32-79-39-49(68-65)38-66-16-19-73-22-25-76-28-27-75-24-21-72-18-12-53(71)80-54-51(59)34-48(58)35-52(54)60;2-1-3/h4-8,34-35,38,43,46-47,50,63-64,67H,1,9-33,36-37,39-41,65H2,2-3H3;1H,(H2,2,3)/b63-44?,64-55?,66-38?,68-49+;. The first kappa shape index (κ1) is 70.0. The van der Waals surface area contributed by atoms with Crippen LogP contribution in [0.3, 0.4) is 0 Å². The van der Waals surface area contributed by atoms with E-state index in [2.05, 4.69) is 49.5 Å². The average molecular weight is 1180 g/mol. The van der Waals surface area contributed by atoms with Crippen molar-refractivity contribution in [3.05, 3.63) is 77.8 Å². The fourth-order valence-electron chi connectivity index (χ4n) is 10.3. The highest BCUT2D eigenvalue weighted by molar-refractivity contribution is 6.31. The molecule has 1 amide bonds. The number of rotatable bonds is 41. The summed E-state index contributed by atoms with van der Waals surface area (Å²) in [6, 6.07) is 11.0. The van der Waals surface area contributed by atoms with E-state index in [1.807, 2.05) is 30.0 Å². The number of hydrazone groups is 1. The molecule has 2 saturated carbocycles. The molecule has 1 aliphatic heterocycles. The molecule has 466 valence electrons. The second-order valence-corrected chi connectivity index (χ2v) is 20.8. The maximum atomic E-state index is 14.0. The number of nitrogens with one attached hydrogen (secondary N) is 3. The Kier molecular flexibility index (Phi) is 33.0. The molecule has 2 aromatic rings. The van der Waals surface area contributed by atoms with Crippen LogP contribution < -0.4 is 21.6 Å². The maximum Gasteiger partial charge on any atom is 0.313 e. The normalized spacial score (nSPS) is 16.8.